The Morgan fingerprint density at radius 2 is 2.31 bits per heavy atom. The molecule has 0 fully saturated rings. The van der Waals surface area contributed by atoms with Crippen molar-refractivity contribution >= 4 is 17.0 Å². The van der Waals surface area contributed by atoms with Gasteiger partial charge in [0.15, 0.2) is 5.69 Å². The first-order valence-electron chi connectivity index (χ1n) is 3.69. The largest absolute Gasteiger partial charge is 0.476 e. The number of carboxylic acids is 1. The van der Waals surface area contributed by atoms with E-state index in [-0.39, 0.29) is 5.69 Å². The number of carbonyl (C=O) groups is 1. The Kier molecular flexibility index (Phi) is 1.51. The number of aryl methyl sites for hydroxylation is 1. The van der Waals surface area contributed by atoms with Gasteiger partial charge in [-0.3, -0.25) is 0 Å². The van der Waals surface area contributed by atoms with Crippen LogP contribution in [0.3, 0.4) is 0 Å². The topological polar surface area (TPSA) is 68.0 Å². The highest BCUT2D eigenvalue weighted by Crippen LogP contribution is 2.13. The number of fused-ring (bicyclic) bond motifs is 1. The summed E-state index contributed by atoms with van der Waals surface area (Å²) in [7, 11) is 1.81. The lowest BCUT2D eigenvalue weighted by molar-refractivity contribution is 0.0692. The standard InChI is InChI=1S/C8H7N3O2/c1-11-4-10-6-5(11)2-3-9-7(6)8(12)13/h2-4H,1H3,(H,12,13). The van der Waals surface area contributed by atoms with Crippen LogP contribution in [0.4, 0.5) is 0 Å². The first kappa shape index (κ1) is 7.72. The maximum Gasteiger partial charge on any atom is 0.356 e. The van der Waals surface area contributed by atoms with Gasteiger partial charge < -0.3 is 9.67 Å². The minimum absolute atomic E-state index is 0.00176. The van der Waals surface area contributed by atoms with Crippen LogP contribution in [-0.4, -0.2) is 25.6 Å². The first-order valence-corrected chi connectivity index (χ1v) is 3.69. The summed E-state index contributed by atoms with van der Waals surface area (Å²) in [6.07, 6.45) is 3.03. The molecule has 0 spiro atoms. The van der Waals surface area contributed by atoms with E-state index in [4.69, 9.17) is 5.11 Å². The monoisotopic (exact) mass is 177 g/mol. The molecule has 0 unspecified atom stereocenters. The van der Waals surface area contributed by atoms with Crippen molar-refractivity contribution in [2.75, 3.05) is 0 Å². The van der Waals surface area contributed by atoms with Crippen LogP contribution in [0.1, 0.15) is 10.5 Å². The summed E-state index contributed by atoms with van der Waals surface area (Å²) in [5.74, 6) is -1.05. The second-order valence-electron chi connectivity index (χ2n) is 2.69. The van der Waals surface area contributed by atoms with Crippen LogP contribution in [0, 0.1) is 0 Å². The number of aromatic carboxylic acids is 1. The van der Waals surface area contributed by atoms with Crippen LogP contribution in [0.15, 0.2) is 18.6 Å². The highest BCUT2D eigenvalue weighted by Gasteiger charge is 2.12. The second kappa shape index (κ2) is 2.55. The average Bonchev–Trinajstić information content (AvgIpc) is 2.48. The molecule has 0 radical (unpaired) electrons. The van der Waals surface area contributed by atoms with E-state index in [0.717, 1.165) is 5.52 Å². The van der Waals surface area contributed by atoms with Gasteiger partial charge in [0.05, 0.1) is 11.8 Å². The van der Waals surface area contributed by atoms with Crippen molar-refractivity contribution in [1.29, 1.82) is 0 Å². The van der Waals surface area contributed by atoms with Crippen molar-refractivity contribution in [1.82, 2.24) is 14.5 Å². The minimum atomic E-state index is -1.05. The van der Waals surface area contributed by atoms with Crippen molar-refractivity contribution < 1.29 is 9.90 Å². The van der Waals surface area contributed by atoms with E-state index in [9.17, 15) is 4.79 Å². The van der Waals surface area contributed by atoms with Crippen LogP contribution in [-0.2, 0) is 7.05 Å². The van der Waals surface area contributed by atoms with Gasteiger partial charge in [-0.2, -0.15) is 0 Å². The Morgan fingerprint density at radius 3 is 3.00 bits per heavy atom. The van der Waals surface area contributed by atoms with E-state index in [0.29, 0.717) is 5.52 Å². The fourth-order valence-corrected chi connectivity index (χ4v) is 1.22. The number of pyridine rings is 1. The van der Waals surface area contributed by atoms with Gasteiger partial charge in [-0.05, 0) is 6.07 Å². The maximum absolute atomic E-state index is 10.7. The Morgan fingerprint density at radius 1 is 1.54 bits per heavy atom. The fourth-order valence-electron chi connectivity index (χ4n) is 1.22. The Balaban J connectivity index is 2.84. The van der Waals surface area contributed by atoms with Crippen LogP contribution >= 0.6 is 0 Å². The molecule has 5 heteroatoms. The predicted octanol–water partition coefficient (Wildman–Crippen LogP) is 0.666. The Hall–Kier alpha value is -1.91. The molecule has 0 aliphatic carbocycles. The number of nitrogens with zero attached hydrogens (tertiary/aromatic N) is 3. The fraction of sp³-hybridized carbons (Fsp3) is 0.125. The Labute approximate surface area is 73.7 Å². The molecular weight excluding hydrogens is 170 g/mol. The molecule has 0 aliphatic rings. The van der Waals surface area contributed by atoms with Gasteiger partial charge in [0, 0.05) is 13.2 Å². The predicted molar refractivity (Wildman–Crippen MR) is 45.5 cm³/mol. The quantitative estimate of drug-likeness (QED) is 0.695. The van der Waals surface area contributed by atoms with E-state index >= 15 is 0 Å². The van der Waals surface area contributed by atoms with Crippen LogP contribution in [0.2, 0.25) is 0 Å². The van der Waals surface area contributed by atoms with Crippen molar-refractivity contribution in [3.05, 3.63) is 24.3 Å². The second-order valence-corrected chi connectivity index (χ2v) is 2.69. The van der Waals surface area contributed by atoms with Crippen molar-refractivity contribution in [2.45, 2.75) is 0 Å². The Bertz CT molecular complexity index is 475. The number of rotatable bonds is 1. The van der Waals surface area contributed by atoms with Crippen molar-refractivity contribution in [3.63, 3.8) is 0 Å². The lowest BCUT2D eigenvalue weighted by Gasteiger charge is -1.95. The number of hydrogen-bond acceptors (Lipinski definition) is 3. The summed E-state index contributed by atoms with van der Waals surface area (Å²) in [5, 5.41) is 8.78. The third-order valence-corrected chi connectivity index (χ3v) is 1.85. The summed E-state index contributed by atoms with van der Waals surface area (Å²) in [4.78, 5) is 18.4. The highest BCUT2D eigenvalue weighted by molar-refractivity contribution is 5.98. The van der Waals surface area contributed by atoms with Gasteiger partial charge >= 0.3 is 5.97 Å². The van der Waals surface area contributed by atoms with E-state index < -0.39 is 5.97 Å². The van der Waals surface area contributed by atoms with Gasteiger partial charge in [-0.1, -0.05) is 0 Å². The molecule has 0 saturated carbocycles. The minimum Gasteiger partial charge on any atom is -0.476 e. The van der Waals surface area contributed by atoms with Gasteiger partial charge in [0.2, 0.25) is 0 Å². The zero-order valence-electron chi connectivity index (χ0n) is 6.93. The van der Waals surface area contributed by atoms with Gasteiger partial charge in [-0.15, -0.1) is 0 Å². The highest BCUT2D eigenvalue weighted by atomic mass is 16.4. The average molecular weight is 177 g/mol. The van der Waals surface area contributed by atoms with E-state index in [2.05, 4.69) is 9.97 Å². The van der Waals surface area contributed by atoms with Crippen LogP contribution < -0.4 is 0 Å². The third kappa shape index (κ3) is 1.05. The zero-order chi connectivity index (χ0) is 9.42. The molecule has 0 bridgehead atoms. The van der Waals surface area contributed by atoms with Gasteiger partial charge in [0.1, 0.15) is 5.52 Å². The van der Waals surface area contributed by atoms with Gasteiger partial charge in [0.25, 0.3) is 0 Å². The number of hydrogen-bond donors (Lipinski definition) is 1. The SMILES string of the molecule is Cn1cnc2c(C(=O)O)nccc21. The van der Waals surface area contributed by atoms with E-state index in [1.54, 1.807) is 24.0 Å². The number of carboxylic acid groups (broad SMARTS) is 1. The summed E-state index contributed by atoms with van der Waals surface area (Å²) >= 11 is 0. The summed E-state index contributed by atoms with van der Waals surface area (Å²) in [6, 6.07) is 1.73. The molecule has 2 rings (SSSR count). The molecule has 13 heavy (non-hydrogen) atoms. The van der Waals surface area contributed by atoms with E-state index in [1.165, 1.54) is 6.20 Å². The molecule has 0 amide bonds. The summed E-state index contributed by atoms with van der Waals surface area (Å²) in [6.45, 7) is 0. The zero-order valence-corrected chi connectivity index (χ0v) is 6.93. The molecule has 1 N–H and O–H groups in total. The molecular formula is C8H7N3O2. The summed E-state index contributed by atoms with van der Waals surface area (Å²) in [5.41, 5.74) is 1.20. The molecule has 2 aromatic heterocycles. The third-order valence-electron chi connectivity index (χ3n) is 1.85. The normalized spacial score (nSPS) is 10.5. The van der Waals surface area contributed by atoms with Gasteiger partial charge in [-0.25, -0.2) is 14.8 Å². The molecule has 5 nitrogen and oxygen atoms in total. The van der Waals surface area contributed by atoms with Crippen molar-refractivity contribution in [2.24, 2.45) is 7.05 Å². The molecule has 0 aliphatic heterocycles. The molecule has 0 saturated heterocycles. The van der Waals surface area contributed by atoms with Crippen LogP contribution in [0.5, 0.6) is 0 Å². The molecule has 66 valence electrons. The molecule has 0 aromatic carbocycles. The lowest BCUT2D eigenvalue weighted by Crippen LogP contribution is -2.00. The summed E-state index contributed by atoms with van der Waals surface area (Å²) < 4.78 is 1.75. The number of aromatic nitrogens is 3. The molecule has 2 aromatic rings. The lowest BCUT2D eigenvalue weighted by atomic mass is 10.3. The maximum atomic E-state index is 10.7. The number of imidazole rings is 1. The van der Waals surface area contributed by atoms with Crippen molar-refractivity contribution in [3.8, 4) is 0 Å². The molecule has 2 heterocycles. The van der Waals surface area contributed by atoms with E-state index in [1.807, 2.05) is 0 Å². The molecule has 0 atom stereocenters. The van der Waals surface area contributed by atoms with Crippen LogP contribution in [0.25, 0.3) is 11.0 Å². The smallest absolute Gasteiger partial charge is 0.356 e. The first-order chi connectivity index (χ1) is 6.20.